The quantitative estimate of drug-likeness (QED) is 0.159. The summed E-state index contributed by atoms with van der Waals surface area (Å²) in [5.41, 5.74) is 0.745. The molecule has 0 bridgehead atoms. The van der Waals surface area contributed by atoms with E-state index in [0.29, 0.717) is 22.8 Å². The smallest absolute Gasteiger partial charge is 0.387 e. The van der Waals surface area contributed by atoms with E-state index in [1.54, 1.807) is 48.5 Å². The molecule has 0 saturated heterocycles. The summed E-state index contributed by atoms with van der Waals surface area (Å²) in [4.78, 5) is -0.754. The van der Waals surface area contributed by atoms with E-state index >= 15 is 0 Å². The van der Waals surface area contributed by atoms with Crippen molar-refractivity contribution >= 4 is 53.0 Å². The van der Waals surface area contributed by atoms with Gasteiger partial charge in [0.1, 0.15) is 22.3 Å². The van der Waals surface area contributed by atoms with E-state index in [1.807, 2.05) is 36.4 Å². The highest BCUT2D eigenvalue weighted by Gasteiger charge is 2.21. The maximum Gasteiger partial charge on any atom is 0.387 e. The van der Waals surface area contributed by atoms with Crippen molar-refractivity contribution in [1.82, 2.24) is 0 Å². The maximum absolute atomic E-state index is 13.7. The first-order valence-corrected chi connectivity index (χ1v) is 16.4. The van der Waals surface area contributed by atoms with E-state index < -0.39 is 43.2 Å². The highest BCUT2D eigenvalue weighted by molar-refractivity contribution is 7.93. The summed E-state index contributed by atoms with van der Waals surface area (Å²) in [5.74, 6) is -2.18. The topological polar surface area (TPSA) is 102 Å². The molecule has 236 valence electrons. The lowest BCUT2D eigenvalue weighted by Gasteiger charge is -2.12. The van der Waals surface area contributed by atoms with Crippen molar-refractivity contribution in [3.63, 3.8) is 0 Å². The number of fused-ring (bicyclic) bond motifs is 2. The lowest BCUT2D eigenvalue weighted by atomic mass is 10.1. The normalized spacial score (nSPS) is 11.6. The van der Waals surface area contributed by atoms with Crippen LogP contribution < -0.4 is 14.2 Å². The summed E-state index contributed by atoms with van der Waals surface area (Å²) in [5, 5.41) is 3.16. The lowest BCUT2D eigenvalue weighted by molar-refractivity contribution is -0.0500. The van der Waals surface area contributed by atoms with Gasteiger partial charge in [-0.15, -0.1) is 0 Å². The van der Waals surface area contributed by atoms with Crippen LogP contribution in [0.15, 0.2) is 137 Å². The van der Waals surface area contributed by atoms with E-state index in [1.165, 1.54) is 18.2 Å². The molecular weight excluding hydrogens is 644 g/mol. The number of nitrogens with one attached hydrogen (secondary N) is 2. The van der Waals surface area contributed by atoms with Gasteiger partial charge in [0.15, 0.2) is 0 Å². The van der Waals surface area contributed by atoms with Gasteiger partial charge in [-0.2, -0.15) is 8.78 Å². The van der Waals surface area contributed by atoms with Crippen LogP contribution in [0.25, 0.3) is 21.5 Å². The monoisotopic (exact) mass is 668 g/mol. The van der Waals surface area contributed by atoms with Crippen molar-refractivity contribution in [3.05, 3.63) is 139 Å². The number of benzene rings is 6. The zero-order valence-electron chi connectivity index (χ0n) is 23.6. The molecule has 0 atom stereocenters. The number of alkyl halides is 2. The fourth-order valence-electron chi connectivity index (χ4n) is 4.54. The third-order valence-electron chi connectivity index (χ3n) is 6.59. The zero-order chi connectivity index (χ0) is 32.9. The van der Waals surface area contributed by atoms with Gasteiger partial charge in [0.05, 0.1) is 16.3 Å². The van der Waals surface area contributed by atoms with Crippen LogP contribution in [0, 0.1) is 11.6 Å². The Balaban J connectivity index is 0.000000182. The molecule has 6 rings (SSSR count). The highest BCUT2D eigenvalue weighted by atomic mass is 32.2. The number of hydrogen-bond acceptors (Lipinski definition) is 5. The average molecular weight is 669 g/mol. The lowest BCUT2D eigenvalue weighted by Crippen LogP contribution is -2.15. The zero-order valence-corrected chi connectivity index (χ0v) is 25.2. The van der Waals surface area contributed by atoms with Crippen LogP contribution in [0.4, 0.5) is 28.9 Å². The number of sulfonamides is 2. The van der Waals surface area contributed by atoms with Gasteiger partial charge in [-0.1, -0.05) is 78.9 Å². The van der Waals surface area contributed by atoms with E-state index in [0.717, 1.165) is 34.4 Å². The van der Waals surface area contributed by atoms with Gasteiger partial charge in [-0.3, -0.25) is 9.44 Å². The molecule has 7 nitrogen and oxygen atoms in total. The molecule has 46 heavy (non-hydrogen) atoms. The van der Waals surface area contributed by atoms with Crippen molar-refractivity contribution in [2.24, 2.45) is 0 Å². The molecule has 13 heteroatoms. The second-order valence-electron chi connectivity index (χ2n) is 9.69. The summed E-state index contributed by atoms with van der Waals surface area (Å²) in [6, 6.07) is 32.2. The van der Waals surface area contributed by atoms with Gasteiger partial charge in [-0.25, -0.2) is 25.6 Å². The third-order valence-corrected chi connectivity index (χ3v) is 9.35. The number of rotatable bonds is 8. The molecule has 0 fully saturated rings. The van der Waals surface area contributed by atoms with E-state index in [9.17, 15) is 34.4 Å². The minimum atomic E-state index is -4.14. The summed E-state index contributed by atoms with van der Waals surface area (Å²) in [6.45, 7) is -3.02. The second-order valence-corrected chi connectivity index (χ2v) is 13.0. The molecule has 0 spiro atoms. The number of anilines is 2. The van der Waals surface area contributed by atoms with Crippen molar-refractivity contribution in [2.75, 3.05) is 9.44 Å². The molecule has 6 aromatic rings. The van der Waals surface area contributed by atoms with Crippen molar-refractivity contribution in [2.45, 2.75) is 16.4 Å². The van der Waals surface area contributed by atoms with E-state index in [2.05, 4.69) is 14.2 Å². The van der Waals surface area contributed by atoms with Crippen molar-refractivity contribution in [1.29, 1.82) is 0 Å². The Morgan fingerprint density at radius 2 is 1.09 bits per heavy atom. The SMILES string of the molecule is O=S(=O)(Nc1cccc2ccccc12)c1ccc(F)cc1F.O=S(=O)(Nc1cccc2ccccc12)c1cccc(OC(F)F)c1. The molecule has 0 saturated carbocycles. The van der Waals surface area contributed by atoms with Crippen molar-refractivity contribution < 1.29 is 39.1 Å². The summed E-state index contributed by atoms with van der Waals surface area (Å²) < 4.78 is 110. The van der Waals surface area contributed by atoms with Crippen LogP contribution in [0.5, 0.6) is 5.75 Å². The van der Waals surface area contributed by atoms with Gasteiger partial charge in [0.2, 0.25) is 0 Å². The minimum absolute atomic E-state index is 0.159. The highest BCUT2D eigenvalue weighted by Crippen LogP contribution is 2.28. The Morgan fingerprint density at radius 3 is 1.65 bits per heavy atom. The van der Waals surface area contributed by atoms with Crippen molar-refractivity contribution in [3.8, 4) is 5.75 Å². The number of ether oxygens (including phenoxy) is 1. The van der Waals surface area contributed by atoms with Gasteiger partial charge in [0.25, 0.3) is 20.0 Å². The fraction of sp³-hybridized carbons (Fsp3) is 0.0303. The van der Waals surface area contributed by atoms with Gasteiger partial charge >= 0.3 is 6.61 Å². The summed E-state index contributed by atoms with van der Waals surface area (Å²) in [6.07, 6.45) is 0. The van der Waals surface area contributed by atoms with E-state index in [4.69, 9.17) is 0 Å². The average Bonchev–Trinajstić information content (AvgIpc) is 3.01. The predicted octanol–water partition coefficient (Wildman–Crippen LogP) is 8.16. The Kier molecular flexibility index (Phi) is 9.44. The van der Waals surface area contributed by atoms with Gasteiger partial charge < -0.3 is 4.74 Å². The Morgan fingerprint density at radius 1 is 0.565 bits per heavy atom. The van der Waals surface area contributed by atoms with Crippen LogP contribution in [0.3, 0.4) is 0 Å². The second kappa shape index (κ2) is 13.5. The third kappa shape index (κ3) is 7.56. The minimum Gasteiger partial charge on any atom is -0.435 e. The van der Waals surface area contributed by atoms with Crippen LogP contribution in [-0.4, -0.2) is 23.4 Å². The first-order valence-electron chi connectivity index (χ1n) is 13.4. The summed E-state index contributed by atoms with van der Waals surface area (Å²) >= 11 is 0. The first-order chi connectivity index (χ1) is 21.9. The summed E-state index contributed by atoms with van der Waals surface area (Å²) in [7, 11) is -8.08. The standard InChI is InChI=1S/C17H13F2NO3S.C16H11F2NO2S/c18-17(19)23-13-7-4-8-14(11-13)24(21,22)20-16-10-3-6-12-5-1-2-9-15(12)16;17-12-8-9-16(14(18)10-12)22(20,21)19-15-7-3-5-11-4-1-2-6-13(11)15/h1-11,17,20H;1-10,19H. The van der Waals surface area contributed by atoms with Crippen LogP contribution >= 0.6 is 0 Å². The number of hydrogen-bond donors (Lipinski definition) is 2. The molecule has 0 unspecified atom stereocenters. The Hall–Kier alpha value is -5.14. The molecule has 0 radical (unpaired) electrons. The fourth-order valence-corrected chi connectivity index (χ4v) is 6.80. The van der Waals surface area contributed by atoms with E-state index in [-0.39, 0.29) is 10.6 Å². The van der Waals surface area contributed by atoms with Crippen LogP contribution in [-0.2, 0) is 20.0 Å². The molecule has 0 heterocycles. The largest absolute Gasteiger partial charge is 0.435 e. The molecule has 0 amide bonds. The van der Waals surface area contributed by atoms with Gasteiger partial charge in [0, 0.05) is 22.9 Å². The predicted molar refractivity (Wildman–Crippen MR) is 169 cm³/mol. The first kappa shape index (κ1) is 32.3. The molecule has 0 aromatic heterocycles. The molecule has 0 aliphatic rings. The molecule has 2 N–H and O–H groups in total. The molecular formula is C33H24F4N2O5S2. The van der Waals surface area contributed by atoms with Gasteiger partial charge in [-0.05, 0) is 47.2 Å². The Labute approximate surface area is 262 Å². The number of halogens is 4. The maximum atomic E-state index is 13.7. The molecule has 6 aromatic carbocycles. The molecule has 0 aliphatic carbocycles. The van der Waals surface area contributed by atoms with Crippen LogP contribution in [0.1, 0.15) is 0 Å². The Bertz CT molecular complexity index is 2240. The molecule has 0 aliphatic heterocycles. The van der Waals surface area contributed by atoms with Crippen LogP contribution in [0.2, 0.25) is 0 Å².